The van der Waals surface area contributed by atoms with E-state index in [2.05, 4.69) is 24.2 Å². The number of halogens is 1. The van der Waals surface area contributed by atoms with E-state index < -0.39 is 0 Å². The van der Waals surface area contributed by atoms with Crippen LogP contribution in [0.3, 0.4) is 0 Å². The zero-order valence-electron chi connectivity index (χ0n) is 11.9. The molecule has 106 valence electrons. The summed E-state index contributed by atoms with van der Waals surface area (Å²) in [7, 11) is 0. The van der Waals surface area contributed by atoms with Gasteiger partial charge in [0.1, 0.15) is 0 Å². The van der Waals surface area contributed by atoms with Crippen LogP contribution in [-0.4, -0.2) is 9.78 Å². The summed E-state index contributed by atoms with van der Waals surface area (Å²) in [5.41, 5.74) is 3.32. The molecule has 3 rings (SSSR count). The van der Waals surface area contributed by atoms with Crippen molar-refractivity contribution >= 4 is 11.6 Å². The van der Waals surface area contributed by atoms with Crippen molar-refractivity contribution in [3.63, 3.8) is 0 Å². The van der Waals surface area contributed by atoms with Crippen molar-refractivity contribution in [2.75, 3.05) is 0 Å². The fraction of sp³-hybridized carbons (Fsp3) is 0.167. The first-order chi connectivity index (χ1) is 10.3. The number of para-hydroxylation sites is 1. The Labute approximate surface area is 130 Å². The summed E-state index contributed by atoms with van der Waals surface area (Å²) in [6.07, 6.45) is 3.86. The Morgan fingerprint density at radius 1 is 0.905 bits per heavy atom. The smallest absolute Gasteiger partial charge is 0.0682 e. The molecule has 0 bridgehead atoms. The third-order valence-corrected chi connectivity index (χ3v) is 4.34. The Hall–Kier alpha value is -2.06. The highest BCUT2D eigenvalue weighted by molar-refractivity contribution is 6.21. The first-order valence-corrected chi connectivity index (χ1v) is 7.48. The van der Waals surface area contributed by atoms with E-state index in [1.165, 1.54) is 5.56 Å². The second-order valence-corrected chi connectivity index (χ2v) is 5.63. The molecule has 0 saturated heterocycles. The van der Waals surface area contributed by atoms with Gasteiger partial charge in [-0.25, -0.2) is 4.68 Å². The molecule has 2 unspecified atom stereocenters. The minimum absolute atomic E-state index is 0.0927. The Balaban J connectivity index is 1.83. The summed E-state index contributed by atoms with van der Waals surface area (Å²) < 4.78 is 1.86. The highest BCUT2D eigenvalue weighted by atomic mass is 35.5. The molecule has 0 fully saturated rings. The van der Waals surface area contributed by atoms with Crippen molar-refractivity contribution < 1.29 is 0 Å². The highest BCUT2D eigenvalue weighted by Gasteiger charge is 2.19. The van der Waals surface area contributed by atoms with Gasteiger partial charge in [-0.2, -0.15) is 5.10 Å². The fourth-order valence-electron chi connectivity index (χ4n) is 2.42. The molecule has 0 saturated carbocycles. The molecule has 0 N–H and O–H groups in total. The molecule has 0 radical (unpaired) electrons. The molecule has 0 aliphatic rings. The molecule has 0 aliphatic carbocycles. The summed E-state index contributed by atoms with van der Waals surface area (Å²) >= 11 is 6.64. The Kier molecular flexibility index (Phi) is 4.07. The van der Waals surface area contributed by atoms with Gasteiger partial charge in [-0.05, 0) is 17.7 Å². The molecule has 2 aromatic carbocycles. The Bertz CT molecular complexity index is 692. The number of rotatable bonds is 4. The maximum absolute atomic E-state index is 6.64. The summed E-state index contributed by atoms with van der Waals surface area (Å²) in [6.45, 7) is 2.15. The minimum Gasteiger partial charge on any atom is -0.241 e. The number of hydrogen-bond donors (Lipinski definition) is 0. The van der Waals surface area contributed by atoms with Crippen molar-refractivity contribution in [3.8, 4) is 5.69 Å². The molecule has 2 atom stereocenters. The van der Waals surface area contributed by atoms with Crippen LogP contribution in [0, 0.1) is 0 Å². The first-order valence-electron chi connectivity index (χ1n) is 7.04. The van der Waals surface area contributed by atoms with Crippen molar-refractivity contribution in [3.05, 3.63) is 84.2 Å². The normalized spacial score (nSPS) is 13.8. The molecule has 3 heteroatoms. The fourth-order valence-corrected chi connectivity index (χ4v) is 2.67. The number of nitrogens with zero attached hydrogens (tertiary/aromatic N) is 2. The van der Waals surface area contributed by atoms with Crippen molar-refractivity contribution in [1.82, 2.24) is 9.78 Å². The lowest BCUT2D eigenvalue weighted by molar-refractivity contribution is 0.731. The van der Waals surface area contributed by atoms with E-state index in [1.54, 1.807) is 0 Å². The van der Waals surface area contributed by atoms with Gasteiger partial charge in [0, 0.05) is 17.7 Å². The average Bonchev–Trinajstić information content (AvgIpc) is 3.05. The largest absolute Gasteiger partial charge is 0.241 e. The van der Waals surface area contributed by atoms with Crippen LogP contribution in [0.25, 0.3) is 5.69 Å². The monoisotopic (exact) mass is 296 g/mol. The number of alkyl halides is 1. The molecular weight excluding hydrogens is 280 g/mol. The molecule has 1 aromatic heterocycles. The third-order valence-electron chi connectivity index (χ3n) is 3.71. The summed E-state index contributed by atoms with van der Waals surface area (Å²) in [5, 5.41) is 4.32. The Morgan fingerprint density at radius 3 is 2.19 bits per heavy atom. The van der Waals surface area contributed by atoms with Crippen LogP contribution in [-0.2, 0) is 0 Å². The van der Waals surface area contributed by atoms with Crippen LogP contribution in [0.4, 0.5) is 0 Å². The van der Waals surface area contributed by atoms with E-state index in [9.17, 15) is 0 Å². The van der Waals surface area contributed by atoms with Crippen LogP contribution >= 0.6 is 11.6 Å². The topological polar surface area (TPSA) is 17.8 Å². The van der Waals surface area contributed by atoms with E-state index >= 15 is 0 Å². The number of aromatic nitrogens is 2. The van der Waals surface area contributed by atoms with Gasteiger partial charge in [0.15, 0.2) is 0 Å². The van der Waals surface area contributed by atoms with Crippen LogP contribution in [0.5, 0.6) is 0 Å². The van der Waals surface area contributed by atoms with Crippen LogP contribution < -0.4 is 0 Å². The SMILES string of the molecule is CC(c1ccccc1)C(Cl)c1cnn(-c2ccccc2)c1. The van der Waals surface area contributed by atoms with Gasteiger partial charge < -0.3 is 0 Å². The Morgan fingerprint density at radius 2 is 1.52 bits per heavy atom. The van der Waals surface area contributed by atoms with Gasteiger partial charge >= 0.3 is 0 Å². The first kappa shape index (κ1) is 13.9. The number of hydrogen-bond acceptors (Lipinski definition) is 1. The molecule has 0 aliphatic heterocycles. The van der Waals surface area contributed by atoms with Crippen molar-refractivity contribution in [2.45, 2.75) is 18.2 Å². The van der Waals surface area contributed by atoms with Crippen LogP contribution in [0.2, 0.25) is 0 Å². The predicted octanol–water partition coefficient (Wildman–Crippen LogP) is 4.96. The van der Waals surface area contributed by atoms with Gasteiger partial charge in [-0.15, -0.1) is 11.6 Å². The molecule has 1 heterocycles. The van der Waals surface area contributed by atoms with Gasteiger partial charge in [-0.3, -0.25) is 0 Å². The molecule has 0 spiro atoms. The quantitative estimate of drug-likeness (QED) is 0.622. The van der Waals surface area contributed by atoms with Crippen LogP contribution in [0.15, 0.2) is 73.1 Å². The maximum Gasteiger partial charge on any atom is 0.0682 e. The lowest BCUT2D eigenvalue weighted by Gasteiger charge is -2.17. The lowest BCUT2D eigenvalue weighted by Crippen LogP contribution is -2.01. The van der Waals surface area contributed by atoms with E-state index in [4.69, 9.17) is 11.6 Å². The maximum atomic E-state index is 6.64. The lowest BCUT2D eigenvalue weighted by atomic mass is 9.95. The van der Waals surface area contributed by atoms with Gasteiger partial charge in [0.05, 0.1) is 17.3 Å². The minimum atomic E-state index is -0.0927. The molecule has 2 nitrogen and oxygen atoms in total. The highest BCUT2D eigenvalue weighted by Crippen LogP contribution is 2.35. The van der Waals surface area contributed by atoms with E-state index in [0.717, 1.165) is 11.3 Å². The summed E-state index contributed by atoms with van der Waals surface area (Å²) in [5.74, 6) is 0.237. The van der Waals surface area contributed by atoms with E-state index in [0.29, 0.717) is 0 Å². The zero-order valence-corrected chi connectivity index (χ0v) is 12.6. The average molecular weight is 297 g/mol. The van der Waals surface area contributed by atoms with Gasteiger partial charge in [0.25, 0.3) is 0 Å². The van der Waals surface area contributed by atoms with Crippen LogP contribution in [0.1, 0.15) is 29.3 Å². The number of benzene rings is 2. The standard InChI is InChI=1S/C18H17ClN2/c1-14(15-8-4-2-5-9-15)18(19)16-12-20-21(13-16)17-10-6-3-7-11-17/h2-14,18H,1H3. The summed E-state index contributed by atoms with van der Waals surface area (Å²) in [6, 6.07) is 20.4. The molecule has 3 aromatic rings. The third kappa shape index (κ3) is 3.01. The van der Waals surface area contributed by atoms with Crippen molar-refractivity contribution in [2.24, 2.45) is 0 Å². The van der Waals surface area contributed by atoms with Crippen molar-refractivity contribution in [1.29, 1.82) is 0 Å². The predicted molar refractivity (Wildman–Crippen MR) is 87.0 cm³/mol. The van der Waals surface area contributed by atoms with Gasteiger partial charge in [0.2, 0.25) is 0 Å². The second-order valence-electron chi connectivity index (χ2n) is 5.15. The van der Waals surface area contributed by atoms with E-state index in [1.807, 2.05) is 65.6 Å². The second kappa shape index (κ2) is 6.15. The molecule has 0 amide bonds. The van der Waals surface area contributed by atoms with E-state index in [-0.39, 0.29) is 11.3 Å². The molecule has 21 heavy (non-hydrogen) atoms. The zero-order chi connectivity index (χ0) is 14.7. The summed E-state index contributed by atoms with van der Waals surface area (Å²) in [4.78, 5) is 0. The molecular formula is C18H17ClN2. The van der Waals surface area contributed by atoms with Gasteiger partial charge in [-0.1, -0.05) is 55.5 Å².